The van der Waals surface area contributed by atoms with Crippen molar-refractivity contribution in [1.82, 2.24) is 19.7 Å². The number of aromatic nitrogens is 4. The van der Waals surface area contributed by atoms with Crippen molar-refractivity contribution < 1.29 is 19.1 Å². The maximum Gasteiger partial charge on any atom is 0.343 e. The molecule has 186 valence electrons. The molecule has 3 heterocycles. The molecule has 5 rings (SSSR count). The van der Waals surface area contributed by atoms with Gasteiger partial charge in [-0.1, -0.05) is 30.3 Å². The van der Waals surface area contributed by atoms with Crippen molar-refractivity contribution in [3.63, 3.8) is 0 Å². The Morgan fingerprint density at radius 3 is 2.59 bits per heavy atom. The Morgan fingerprint density at radius 2 is 1.84 bits per heavy atom. The Balaban J connectivity index is 1.52. The van der Waals surface area contributed by atoms with E-state index in [1.54, 1.807) is 78.5 Å². The molecule has 10 nitrogen and oxygen atoms in total. The molecule has 0 fully saturated rings. The lowest BCUT2D eigenvalue weighted by atomic mass is 9.94. The maximum atomic E-state index is 13.5. The topological polar surface area (TPSA) is 120 Å². The molecule has 2 N–H and O–H groups in total. The first-order chi connectivity index (χ1) is 18.0. The molecule has 1 amide bonds. The lowest BCUT2D eigenvalue weighted by molar-refractivity contribution is -0.113. The second kappa shape index (κ2) is 10.3. The third kappa shape index (κ3) is 4.90. The van der Waals surface area contributed by atoms with Gasteiger partial charge < -0.3 is 20.1 Å². The fourth-order valence-corrected chi connectivity index (χ4v) is 4.09. The van der Waals surface area contributed by atoms with Crippen molar-refractivity contribution in [2.24, 2.45) is 0 Å². The zero-order valence-electron chi connectivity index (χ0n) is 20.2. The lowest BCUT2D eigenvalue weighted by Crippen LogP contribution is -2.31. The smallest absolute Gasteiger partial charge is 0.343 e. The molecule has 4 aromatic rings. The van der Waals surface area contributed by atoms with E-state index in [1.165, 1.54) is 6.33 Å². The van der Waals surface area contributed by atoms with Crippen LogP contribution in [-0.4, -0.2) is 38.2 Å². The van der Waals surface area contributed by atoms with Crippen LogP contribution in [0, 0.1) is 0 Å². The number of pyridine rings is 1. The fraction of sp³-hybridized carbons (Fsp3) is 0.148. The Kier molecular flexibility index (Phi) is 6.62. The van der Waals surface area contributed by atoms with E-state index >= 15 is 0 Å². The number of hydrogen-bond acceptors (Lipinski definition) is 8. The molecule has 37 heavy (non-hydrogen) atoms. The summed E-state index contributed by atoms with van der Waals surface area (Å²) in [5.74, 6) is 0.718. The zero-order chi connectivity index (χ0) is 25.8. The van der Waals surface area contributed by atoms with Gasteiger partial charge in [0.2, 0.25) is 5.95 Å². The summed E-state index contributed by atoms with van der Waals surface area (Å²) in [5, 5.41) is 10.4. The molecule has 0 unspecified atom stereocenters. The normalized spacial score (nSPS) is 14.4. The number of benzene rings is 2. The van der Waals surface area contributed by atoms with Crippen LogP contribution in [0.3, 0.4) is 0 Å². The molecule has 0 spiro atoms. The van der Waals surface area contributed by atoms with E-state index in [1.807, 2.05) is 13.0 Å². The Morgan fingerprint density at radius 1 is 1.03 bits per heavy atom. The molecule has 10 heteroatoms. The average Bonchev–Trinajstić information content (AvgIpc) is 3.38. The van der Waals surface area contributed by atoms with Crippen LogP contribution in [0.4, 0.5) is 11.8 Å². The molecule has 1 atom stereocenters. The number of anilines is 2. The monoisotopic (exact) mass is 496 g/mol. The largest absolute Gasteiger partial charge is 0.490 e. The van der Waals surface area contributed by atoms with Crippen molar-refractivity contribution >= 4 is 23.6 Å². The van der Waals surface area contributed by atoms with Crippen molar-refractivity contribution in [1.29, 1.82) is 0 Å². The molecule has 0 bridgehead atoms. The quantitative estimate of drug-likeness (QED) is 0.288. The third-order valence-corrected chi connectivity index (χ3v) is 5.74. The highest BCUT2D eigenvalue weighted by Gasteiger charge is 2.34. The van der Waals surface area contributed by atoms with E-state index in [0.29, 0.717) is 46.5 Å². The SMILES string of the molecule is CCOc1cc([C@@H]2C(C(=O)Nc3ccccn3)=C(C)Nc3ncnn32)ccc1OC(=O)c1ccccc1. The fourth-order valence-electron chi connectivity index (χ4n) is 4.09. The summed E-state index contributed by atoms with van der Waals surface area (Å²) >= 11 is 0. The predicted molar refractivity (Wildman–Crippen MR) is 136 cm³/mol. The summed E-state index contributed by atoms with van der Waals surface area (Å²) in [4.78, 5) is 34.6. The second-order valence-corrected chi connectivity index (χ2v) is 8.16. The van der Waals surface area contributed by atoms with Gasteiger partial charge in [0.15, 0.2) is 11.5 Å². The summed E-state index contributed by atoms with van der Waals surface area (Å²) in [6.45, 7) is 3.99. The Bertz CT molecular complexity index is 1470. The number of ether oxygens (including phenoxy) is 2. The third-order valence-electron chi connectivity index (χ3n) is 5.74. The van der Waals surface area contributed by atoms with Gasteiger partial charge in [0.25, 0.3) is 5.91 Å². The van der Waals surface area contributed by atoms with Crippen LogP contribution in [0.15, 0.2) is 90.5 Å². The van der Waals surface area contributed by atoms with Crippen molar-refractivity contribution in [2.75, 3.05) is 17.2 Å². The van der Waals surface area contributed by atoms with E-state index in [4.69, 9.17) is 9.47 Å². The molecule has 0 aliphatic carbocycles. The molecule has 0 saturated heterocycles. The first kappa shape index (κ1) is 23.7. The summed E-state index contributed by atoms with van der Waals surface area (Å²) in [7, 11) is 0. The number of fused-ring (bicyclic) bond motifs is 1. The zero-order valence-corrected chi connectivity index (χ0v) is 20.2. The first-order valence-electron chi connectivity index (χ1n) is 11.7. The van der Waals surface area contributed by atoms with E-state index in [-0.39, 0.29) is 11.7 Å². The van der Waals surface area contributed by atoms with E-state index in [0.717, 1.165) is 0 Å². The Labute approximate surface area is 213 Å². The summed E-state index contributed by atoms with van der Waals surface area (Å²) in [5.41, 5.74) is 2.17. The van der Waals surface area contributed by atoms with Crippen LogP contribution in [0.1, 0.15) is 35.8 Å². The number of rotatable bonds is 7. The minimum Gasteiger partial charge on any atom is -0.490 e. The van der Waals surface area contributed by atoms with E-state index in [2.05, 4.69) is 25.7 Å². The van der Waals surface area contributed by atoms with E-state index < -0.39 is 12.0 Å². The molecule has 0 radical (unpaired) electrons. The number of carbonyl (C=O) groups is 2. The second-order valence-electron chi connectivity index (χ2n) is 8.16. The highest BCUT2D eigenvalue weighted by molar-refractivity contribution is 6.05. The molecule has 2 aromatic carbocycles. The van der Waals surface area contributed by atoms with Gasteiger partial charge in [-0.3, -0.25) is 4.79 Å². The van der Waals surface area contributed by atoms with Gasteiger partial charge in [-0.15, -0.1) is 0 Å². The molecular weight excluding hydrogens is 472 g/mol. The van der Waals surface area contributed by atoms with Gasteiger partial charge in [-0.2, -0.15) is 10.1 Å². The van der Waals surface area contributed by atoms with Gasteiger partial charge in [0, 0.05) is 11.9 Å². The average molecular weight is 497 g/mol. The van der Waals surface area contributed by atoms with Crippen molar-refractivity contribution in [3.05, 3.63) is 102 Å². The van der Waals surface area contributed by atoms with Crippen LogP contribution in [0.2, 0.25) is 0 Å². The van der Waals surface area contributed by atoms with Crippen LogP contribution >= 0.6 is 0 Å². The van der Waals surface area contributed by atoms with Crippen LogP contribution in [0.25, 0.3) is 0 Å². The summed E-state index contributed by atoms with van der Waals surface area (Å²) < 4.78 is 13.1. The molecule has 1 aliphatic rings. The lowest BCUT2D eigenvalue weighted by Gasteiger charge is -2.29. The Hall–Kier alpha value is -4.99. The number of nitrogens with one attached hydrogen (secondary N) is 2. The number of esters is 1. The van der Waals surface area contributed by atoms with Gasteiger partial charge in [0.1, 0.15) is 18.2 Å². The number of carbonyl (C=O) groups excluding carboxylic acids is 2. The van der Waals surface area contributed by atoms with E-state index in [9.17, 15) is 9.59 Å². The van der Waals surface area contributed by atoms with Crippen LogP contribution < -0.4 is 20.1 Å². The maximum absolute atomic E-state index is 13.5. The van der Waals surface area contributed by atoms with Gasteiger partial charge in [0.05, 0.1) is 17.7 Å². The highest BCUT2D eigenvalue weighted by atomic mass is 16.6. The van der Waals surface area contributed by atoms with Gasteiger partial charge in [-0.05, 0) is 55.8 Å². The number of hydrogen-bond donors (Lipinski definition) is 2. The molecule has 1 aliphatic heterocycles. The standard InChI is InChI=1S/C27H24N6O4/c1-3-36-21-15-19(12-13-20(21)37-26(35)18-9-5-4-6-10-18)24-23(17(2)31-27-29-16-30-33(24)27)25(34)32-22-11-7-8-14-28-22/h4-16,24H,3H2,1-2H3,(H,28,32,34)(H,29,30,31)/t24-/m1/s1. The highest BCUT2D eigenvalue weighted by Crippen LogP contribution is 2.39. The van der Waals surface area contributed by atoms with Crippen molar-refractivity contribution in [3.8, 4) is 11.5 Å². The van der Waals surface area contributed by atoms with Crippen LogP contribution in [-0.2, 0) is 4.79 Å². The van der Waals surface area contributed by atoms with Crippen molar-refractivity contribution in [2.45, 2.75) is 19.9 Å². The van der Waals surface area contributed by atoms with Gasteiger partial charge >= 0.3 is 5.97 Å². The van der Waals surface area contributed by atoms with Gasteiger partial charge in [-0.25, -0.2) is 14.5 Å². The minimum atomic E-state index is -0.624. The number of amides is 1. The predicted octanol–water partition coefficient (Wildman–Crippen LogP) is 4.22. The number of allylic oxidation sites excluding steroid dienone is 1. The number of nitrogens with zero attached hydrogens (tertiary/aromatic N) is 4. The summed E-state index contributed by atoms with van der Waals surface area (Å²) in [6, 6.07) is 18.5. The van der Waals surface area contributed by atoms with Crippen LogP contribution in [0.5, 0.6) is 11.5 Å². The minimum absolute atomic E-state index is 0.271. The molecule has 0 saturated carbocycles. The molecule has 2 aromatic heterocycles. The molecular formula is C27H24N6O4. The first-order valence-corrected chi connectivity index (χ1v) is 11.7. The summed E-state index contributed by atoms with van der Waals surface area (Å²) in [6.07, 6.45) is 3.02.